The van der Waals surface area contributed by atoms with Gasteiger partial charge in [-0.05, 0) is 170 Å². The number of hydrogen-bond acceptors (Lipinski definition) is 14. The van der Waals surface area contributed by atoms with E-state index in [4.69, 9.17) is 33.6 Å². The van der Waals surface area contributed by atoms with Crippen LogP contribution in [0.2, 0.25) is 0 Å². The second-order valence-electron chi connectivity index (χ2n) is 25.0. The van der Waals surface area contributed by atoms with Crippen molar-refractivity contribution in [1.29, 1.82) is 0 Å². The van der Waals surface area contributed by atoms with Gasteiger partial charge in [-0.2, -0.15) is 0 Å². The van der Waals surface area contributed by atoms with Crippen LogP contribution < -0.4 is 28.9 Å². The number of ether oxygens (including phenoxy) is 3. The SMILES string of the molecule is c1ccc(-c2nc(-c3ccccc3)nc(-c3ccc(N4c5ccccc5Oc5ccccc54)cc3)n2)cc1.c1ccc(-c2nnc(-c3ccc(N4c5ccccc5Oc5ccccc54)cc3)n2-c2ccccc2)cc1.c1ccc(-c2nnc(-c3ccc(N4c5ccccc5Oc5ccccc54)cc3)o2)cc1. The van der Waals surface area contributed by atoms with Crippen LogP contribution in [0.4, 0.5) is 51.2 Å². The molecule has 0 amide bonds. The van der Waals surface area contributed by atoms with Crippen LogP contribution in [0.15, 0.2) is 374 Å². The zero-order chi connectivity index (χ0) is 70.5. The van der Waals surface area contributed by atoms with Crippen LogP contribution in [-0.4, -0.2) is 39.9 Å². The standard InChI is InChI=1S/C33H22N4O.C32H22N4O.C26H17N3O2/c1-3-11-23(12-4-1)31-34-32(24-13-5-2-6-14-24)36-33(35-31)25-19-21-26(22-20-25)37-27-15-7-9-17-29(27)38-30-18-10-8-16-28(30)37;1-3-11-23(12-4-1)31-33-34-32(36(31)25-13-5-2-6-14-25)24-19-21-26(22-20-24)35-27-15-7-9-17-29(27)37-30-18-10-8-16-28(30)35;1-2-8-18(9-3-1)25-27-28-26(31-25)19-14-16-20(17-15-19)29-21-10-4-6-12-23(21)30-24-13-7-5-11-22(24)29/h1-22H;1-22H;1-17H. The predicted molar refractivity (Wildman–Crippen MR) is 418 cm³/mol. The number of para-hydroxylation sites is 13. The lowest BCUT2D eigenvalue weighted by Crippen LogP contribution is -2.15. The minimum absolute atomic E-state index is 0.494. The molecule has 0 atom stereocenters. The average molecular weight is 1370 g/mol. The Bertz CT molecular complexity index is 5760. The second-order valence-corrected chi connectivity index (χ2v) is 25.0. The molecule has 3 aromatic heterocycles. The molecule has 504 valence electrons. The molecule has 3 aliphatic rings. The maximum atomic E-state index is 6.17. The highest BCUT2D eigenvalue weighted by atomic mass is 16.5. The van der Waals surface area contributed by atoms with Crippen molar-refractivity contribution in [2.45, 2.75) is 0 Å². The number of nitrogens with zero attached hydrogens (tertiary/aromatic N) is 11. The molecule has 0 fully saturated rings. The summed E-state index contributed by atoms with van der Waals surface area (Å²) in [4.78, 5) is 21.2. The van der Waals surface area contributed by atoms with Gasteiger partial charge >= 0.3 is 0 Å². The van der Waals surface area contributed by atoms with Crippen LogP contribution in [0.25, 0.3) is 85.5 Å². The molecule has 17 aromatic rings. The van der Waals surface area contributed by atoms with E-state index in [-0.39, 0.29) is 0 Å². The maximum absolute atomic E-state index is 6.17. The lowest BCUT2D eigenvalue weighted by Gasteiger charge is -2.32. The van der Waals surface area contributed by atoms with E-state index in [1.807, 2.05) is 249 Å². The zero-order valence-electron chi connectivity index (χ0n) is 56.8. The molecule has 0 saturated heterocycles. The van der Waals surface area contributed by atoms with E-state index < -0.39 is 0 Å². The van der Waals surface area contributed by atoms with Crippen LogP contribution in [0.1, 0.15) is 0 Å². The minimum Gasteiger partial charge on any atom is -0.453 e. The third-order valence-electron chi connectivity index (χ3n) is 18.3. The number of benzene rings is 14. The van der Waals surface area contributed by atoms with Crippen LogP contribution in [0.3, 0.4) is 0 Å². The fourth-order valence-corrected chi connectivity index (χ4v) is 13.3. The highest BCUT2D eigenvalue weighted by molar-refractivity contribution is 5.90. The van der Waals surface area contributed by atoms with Crippen molar-refractivity contribution in [3.8, 4) is 120 Å². The second kappa shape index (κ2) is 28.3. The summed E-state index contributed by atoms with van der Waals surface area (Å²) in [5.41, 5.74) is 16.7. The molecule has 0 saturated carbocycles. The fourth-order valence-electron chi connectivity index (χ4n) is 13.3. The van der Waals surface area contributed by atoms with E-state index in [1.54, 1.807) is 0 Å². The first kappa shape index (κ1) is 63.4. The molecule has 3 aliphatic heterocycles. The smallest absolute Gasteiger partial charge is 0.248 e. The molecule has 0 bridgehead atoms. The minimum atomic E-state index is 0.494. The molecule has 0 N–H and O–H groups in total. The highest BCUT2D eigenvalue weighted by Crippen LogP contribution is 2.53. The van der Waals surface area contributed by atoms with E-state index in [9.17, 15) is 0 Å². The Hall–Kier alpha value is -14.8. The Kier molecular flexibility index (Phi) is 16.9. The van der Waals surface area contributed by atoms with Gasteiger partial charge in [-0.3, -0.25) is 4.57 Å². The summed E-state index contributed by atoms with van der Waals surface area (Å²) in [6.07, 6.45) is 0. The summed E-state index contributed by atoms with van der Waals surface area (Å²) in [7, 11) is 0. The van der Waals surface area contributed by atoms with E-state index in [2.05, 4.69) is 161 Å². The van der Waals surface area contributed by atoms with Gasteiger partial charge < -0.3 is 33.3 Å². The van der Waals surface area contributed by atoms with Gasteiger partial charge in [0, 0.05) is 61.7 Å². The van der Waals surface area contributed by atoms with Gasteiger partial charge in [0.15, 0.2) is 63.6 Å². The largest absolute Gasteiger partial charge is 0.453 e. The third-order valence-corrected chi connectivity index (χ3v) is 18.3. The van der Waals surface area contributed by atoms with Crippen molar-refractivity contribution in [1.82, 2.24) is 39.9 Å². The van der Waals surface area contributed by atoms with Crippen LogP contribution in [0, 0.1) is 0 Å². The zero-order valence-corrected chi connectivity index (χ0v) is 56.8. The Morgan fingerprint density at radius 1 is 0.189 bits per heavy atom. The molecular formula is C91H61N11O4. The quantitative estimate of drug-likeness (QED) is 0.121. The number of hydrogen-bond donors (Lipinski definition) is 0. The Labute approximate surface area is 611 Å². The van der Waals surface area contributed by atoms with Gasteiger partial charge in [-0.1, -0.05) is 200 Å². The number of anilines is 9. The van der Waals surface area contributed by atoms with Crippen LogP contribution >= 0.6 is 0 Å². The van der Waals surface area contributed by atoms with Crippen molar-refractivity contribution in [3.63, 3.8) is 0 Å². The number of aromatic nitrogens is 8. The fraction of sp³-hybridized carbons (Fsp3) is 0. The first-order valence-electron chi connectivity index (χ1n) is 34.7. The van der Waals surface area contributed by atoms with E-state index in [0.717, 1.165) is 142 Å². The van der Waals surface area contributed by atoms with Gasteiger partial charge in [-0.15, -0.1) is 20.4 Å². The predicted octanol–water partition coefficient (Wildman–Crippen LogP) is 23.6. The Balaban J connectivity index is 0.000000113. The van der Waals surface area contributed by atoms with Crippen LogP contribution in [-0.2, 0) is 0 Å². The van der Waals surface area contributed by atoms with Crippen molar-refractivity contribution in [2.24, 2.45) is 0 Å². The molecule has 0 aliphatic carbocycles. The average Bonchev–Trinajstić information content (AvgIpc) is 1.22. The molecule has 15 nitrogen and oxygen atoms in total. The molecule has 6 heterocycles. The maximum Gasteiger partial charge on any atom is 0.248 e. The first-order valence-corrected chi connectivity index (χ1v) is 34.7. The molecule has 0 unspecified atom stereocenters. The molecule has 15 heteroatoms. The van der Waals surface area contributed by atoms with Gasteiger partial charge in [0.05, 0.1) is 34.1 Å². The summed E-state index contributed by atoms with van der Waals surface area (Å²) >= 11 is 0. The van der Waals surface area contributed by atoms with Crippen molar-refractivity contribution >= 4 is 51.2 Å². The number of fused-ring (bicyclic) bond motifs is 6. The topological polar surface area (TPSA) is 146 Å². The third kappa shape index (κ3) is 12.5. The summed E-state index contributed by atoms with van der Waals surface area (Å²) in [6, 6.07) is 124. The normalized spacial score (nSPS) is 11.9. The van der Waals surface area contributed by atoms with Crippen molar-refractivity contribution in [3.05, 3.63) is 370 Å². The van der Waals surface area contributed by atoms with Crippen molar-refractivity contribution < 1.29 is 18.6 Å². The molecular weight excluding hydrogens is 1310 g/mol. The molecule has 106 heavy (non-hydrogen) atoms. The Morgan fingerprint density at radius 2 is 0.425 bits per heavy atom. The lowest BCUT2D eigenvalue weighted by atomic mass is 10.1. The summed E-state index contributed by atoms with van der Waals surface area (Å²) in [6.45, 7) is 0. The lowest BCUT2D eigenvalue weighted by molar-refractivity contribution is 0.477. The Morgan fingerprint density at radius 3 is 0.755 bits per heavy atom. The van der Waals surface area contributed by atoms with Crippen molar-refractivity contribution in [2.75, 3.05) is 14.7 Å². The molecule has 20 rings (SSSR count). The number of rotatable bonds is 11. The summed E-state index contributed by atoms with van der Waals surface area (Å²) < 4.78 is 26.4. The highest BCUT2D eigenvalue weighted by Gasteiger charge is 2.29. The first-order chi connectivity index (χ1) is 52.6. The van der Waals surface area contributed by atoms with E-state index in [0.29, 0.717) is 29.3 Å². The van der Waals surface area contributed by atoms with Gasteiger partial charge in [-0.25, -0.2) is 15.0 Å². The van der Waals surface area contributed by atoms with Gasteiger partial charge in [0.25, 0.3) is 0 Å². The van der Waals surface area contributed by atoms with Gasteiger partial charge in [0.2, 0.25) is 11.8 Å². The molecule has 0 spiro atoms. The van der Waals surface area contributed by atoms with Gasteiger partial charge in [0.1, 0.15) is 0 Å². The monoisotopic (exact) mass is 1370 g/mol. The molecule has 0 radical (unpaired) electrons. The van der Waals surface area contributed by atoms with E-state index >= 15 is 0 Å². The van der Waals surface area contributed by atoms with E-state index in [1.165, 1.54) is 0 Å². The summed E-state index contributed by atoms with van der Waals surface area (Å²) in [5.74, 6) is 9.51. The van der Waals surface area contributed by atoms with Crippen LogP contribution in [0.5, 0.6) is 34.5 Å². The molecule has 14 aromatic carbocycles. The summed E-state index contributed by atoms with van der Waals surface area (Å²) in [5, 5.41) is 17.6.